The Balaban J connectivity index is 1.89. The van der Waals surface area contributed by atoms with Crippen LogP contribution in [-0.2, 0) is 13.5 Å². The zero-order chi connectivity index (χ0) is 16.3. The smallest absolute Gasteiger partial charge is 0.194 e. The van der Waals surface area contributed by atoms with Gasteiger partial charge in [0, 0.05) is 24.2 Å². The van der Waals surface area contributed by atoms with Gasteiger partial charge in [-0.15, -0.1) is 0 Å². The quantitative estimate of drug-likeness (QED) is 0.749. The highest BCUT2D eigenvalue weighted by Gasteiger charge is 2.39. The molecule has 2 atom stereocenters. The van der Waals surface area contributed by atoms with Gasteiger partial charge in [-0.05, 0) is 44.9 Å². The number of nitrogens with zero attached hydrogens (tertiary/aromatic N) is 3. The summed E-state index contributed by atoms with van der Waals surface area (Å²) in [5.74, 6) is -3.76. The average Bonchev–Trinajstić information content (AvgIpc) is 2.81. The Bertz CT molecular complexity index is 761. The van der Waals surface area contributed by atoms with Crippen molar-refractivity contribution in [2.45, 2.75) is 37.8 Å². The van der Waals surface area contributed by atoms with Crippen LogP contribution in [0.15, 0.2) is 12.1 Å². The lowest BCUT2D eigenvalue weighted by Gasteiger charge is -2.43. The largest absolute Gasteiger partial charge is 0.294 e. The summed E-state index contributed by atoms with van der Waals surface area (Å²) in [6, 6.07) is 2.81. The first-order valence-electron chi connectivity index (χ1n) is 7.90. The van der Waals surface area contributed by atoms with Crippen molar-refractivity contribution in [2.75, 3.05) is 7.05 Å². The highest BCUT2D eigenvalue weighted by molar-refractivity contribution is 5.66. The van der Waals surface area contributed by atoms with Gasteiger partial charge in [0.2, 0.25) is 0 Å². The maximum Gasteiger partial charge on any atom is 0.194 e. The zero-order valence-corrected chi connectivity index (χ0v) is 13.1. The summed E-state index contributed by atoms with van der Waals surface area (Å²) in [5, 5.41) is 4.62. The van der Waals surface area contributed by atoms with Gasteiger partial charge in [0.1, 0.15) is 0 Å². The minimum atomic E-state index is -1.43. The number of piperidine rings is 1. The predicted octanol–water partition coefficient (Wildman–Crippen LogP) is 3.59. The summed E-state index contributed by atoms with van der Waals surface area (Å²) in [4.78, 5) is 2.36. The van der Waals surface area contributed by atoms with E-state index in [2.05, 4.69) is 17.0 Å². The molecule has 3 nitrogen and oxygen atoms in total. The summed E-state index contributed by atoms with van der Waals surface area (Å²) in [5.41, 5.74) is 3.08. The third-order valence-electron chi connectivity index (χ3n) is 5.27. The van der Waals surface area contributed by atoms with Crippen LogP contribution >= 0.6 is 0 Å². The third-order valence-corrected chi connectivity index (χ3v) is 5.27. The summed E-state index contributed by atoms with van der Waals surface area (Å²) in [6.07, 6.45) is 4.15. The van der Waals surface area contributed by atoms with Crippen LogP contribution < -0.4 is 0 Å². The Morgan fingerprint density at radius 3 is 2.48 bits per heavy atom. The van der Waals surface area contributed by atoms with Crippen molar-refractivity contribution in [3.63, 3.8) is 0 Å². The first-order chi connectivity index (χ1) is 11.0. The summed E-state index contributed by atoms with van der Waals surface area (Å²) in [7, 11) is 3.89. The fraction of sp³-hybridized carbons (Fsp3) is 0.471. The van der Waals surface area contributed by atoms with E-state index in [0.717, 1.165) is 42.7 Å². The SMILES string of the molecule is CN1C2CCCC1c1nn(C)c(-c3cc(F)c(F)c(F)c3)c1C2. The van der Waals surface area contributed by atoms with Crippen LogP contribution in [0, 0.1) is 17.5 Å². The van der Waals surface area contributed by atoms with E-state index in [1.165, 1.54) is 6.42 Å². The Morgan fingerprint density at radius 1 is 1.09 bits per heavy atom. The van der Waals surface area contributed by atoms with Crippen molar-refractivity contribution >= 4 is 0 Å². The molecule has 0 radical (unpaired) electrons. The third kappa shape index (κ3) is 2.11. The minimum Gasteiger partial charge on any atom is -0.294 e. The Labute approximate surface area is 132 Å². The van der Waals surface area contributed by atoms with Gasteiger partial charge in [0.25, 0.3) is 0 Å². The number of hydrogen-bond acceptors (Lipinski definition) is 2. The summed E-state index contributed by atoms with van der Waals surface area (Å²) < 4.78 is 42.2. The van der Waals surface area contributed by atoms with Crippen LogP contribution in [0.1, 0.15) is 36.6 Å². The molecule has 2 bridgehead atoms. The van der Waals surface area contributed by atoms with Gasteiger partial charge < -0.3 is 0 Å². The molecule has 1 saturated heterocycles. The van der Waals surface area contributed by atoms with Crippen LogP contribution in [0.3, 0.4) is 0 Å². The Kier molecular flexibility index (Phi) is 3.27. The number of halogens is 3. The van der Waals surface area contributed by atoms with Gasteiger partial charge in [-0.2, -0.15) is 5.10 Å². The first kappa shape index (κ1) is 14.8. The molecule has 122 valence electrons. The fourth-order valence-corrected chi connectivity index (χ4v) is 4.13. The second-order valence-corrected chi connectivity index (χ2v) is 6.56. The second-order valence-electron chi connectivity index (χ2n) is 6.56. The predicted molar refractivity (Wildman–Crippen MR) is 80.4 cm³/mol. The van der Waals surface area contributed by atoms with Gasteiger partial charge in [-0.25, -0.2) is 13.2 Å². The molecule has 2 unspecified atom stereocenters. The molecule has 2 aliphatic rings. The van der Waals surface area contributed by atoms with Crippen LogP contribution in [-0.4, -0.2) is 27.8 Å². The molecule has 3 heterocycles. The van der Waals surface area contributed by atoms with Gasteiger partial charge in [-0.1, -0.05) is 0 Å². The van der Waals surface area contributed by atoms with Crippen molar-refractivity contribution < 1.29 is 13.2 Å². The maximum atomic E-state index is 13.6. The molecule has 0 spiro atoms. The zero-order valence-electron chi connectivity index (χ0n) is 13.1. The lowest BCUT2D eigenvalue weighted by atomic mass is 9.82. The molecule has 1 aromatic heterocycles. The standard InChI is InChI=1S/C17H18F3N3/c1-22-10-4-3-5-14(22)16-11(8-10)17(23(2)21-16)9-6-12(18)15(20)13(19)7-9/h6-7,10,14H,3-5,8H2,1-2H3. The molecule has 0 saturated carbocycles. The topological polar surface area (TPSA) is 21.1 Å². The molecule has 4 rings (SSSR count). The monoisotopic (exact) mass is 321 g/mol. The normalized spacial score (nSPS) is 23.9. The Hall–Kier alpha value is -1.82. The molecule has 2 aromatic rings. The van der Waals surface area contributed by atoms with Crippen LogP contribution in [0.25, 0.3) is 11.3 Å². The number of aryl methyl sites for hydroxylation is 1. The van der Waals surface area contributed by atoms with E-state index in [9.17, 15) is 13.2 Å². The molecular weight excluding hydrogens is 303 g/mol. The number of aromatic nitrogens is 2. The van der Waals surface area contributed by atoms with Crippen LogP contribution in [0.2, 0.25) is 0 Å². The summed E-state index contributed by atoms with van der Waals surface area (Å²) in [6.45, 7) is 0. The molecule has 2 aliphatic heterocycles. The highest BCUT2D eigenvalue weighted by atomic mass is 19.2. The summed E-state index contributed by atoms with van der Waals surface area (Å²) >= 11 is 0. The molecule has 23 heavy (non-hydrogen) atoms. The van der Waals surface area contributed by atoms with E-state index in [1.54, 1.807) is 11.7 Å². The van der Waals surface area contributed by atoms with Gasteiger partial charge in [-0.3, -0.25) is 9.58 Å². The van der Waals surface area contributed by atoms with Gasteiger partial charge in [0.05, 0.1) is 17.4 Å². The van der Waals surface area contributed by atoms with Crippen molar-refractivity contribution in [1.29, 1.82) is 0 Å². The fourth-order valence-electron chi connectivity index (χ4n) is 4.13. The molecule has 0 amide bonds. The van der Waals surface area contributed by atoms with Crippen molar-refractivity contribution in [3.8, 4) is 11.3 Å². The van der Waals surface area contributed by atoms with Crippen LogP contribution in [0.4, 0.5) is 13.2 Å². The highest BCUT2D eigenvalue weighted by Crippen LogP contribution is 2.43. The number of rotatable bonds is 1. The maximum absolute atomic E-state index is 13.6. The lowest BCUT2D eigenvalue weighted by molar-refractivity contribution is 0.0972. The van der Waals surface area contributed by atoms with Crippen molar-refractivity contribution in [1.82, 2.24) is 14.7 Å². The van der Waals surface area contributed by atoms with E-state index in [1.807, 2.05) is 0 Å². The van der Waals surface area contributed by atoms with E-state index >= 15 is 0 Å². The number of hydrogen-bond donors (Lipinski definition) is 0. The molecular formula is C17H18F3N3. The number of likely N-dealkylation sites (N-methyl/N-ethyl adjacent to an activating group) is 1. The van der Waals surface area contributed by atoms with E-state index in [4.69, 9.17) is 0 Å². The molecule has 1 fully saturated rings. The minimum absolute atomic E-state index is 0.257. The van der Waals surface area contributed by atoms with E-state index in [-0.39, 0.29) is 6.04 Å². The van der Waals surface area contributed by atoms with E-state index in [0.29, 0.717) is 17.3 Å². The lowest BCUT2D eigenvalue weighted by Crippen LogP contribution is -2.44. The van der Waals surface area contributed by atoms with Gasteiger partial charge in [0.15, 0.2) is 17.5 Å². The van der Waals surface area contributed by atoms with Gasteiger partial charge >= 0.3 is 0 Å². The van der Waals surface area contributed by atoms with Crippen molar-refractivity contribution in [2.24, 2.45) is 7.05 Å². The molecule has 0 aliphatic carbocycles. The average molecular weight is 321 g/mol. The molecule has 6 heteroatoms. The number of fused-ring (bicyclic) bond motifs is 4. The second kappa shape index (κ2) is 5.09. The van der Waals surface area contributed by atoms with Crippen LogP contribution in [0.5, 0.6) is 0 Å². The van der Waals surface area contributed by atoms with E-state index < -0.39 is 17.5 Å². The molecule has 0 N–H and O–H groups in total. The molecule has 1 aromatic carbocycles. The Morgan fingerprint density at radius 2 is 1.78 bits per heavy atom. The van der Waals surface area contributed by atoms with Crippen molar-refractivity contribution in [3.05, 3.63) is 40.8 Å². The first-order valence-corrected chi connectivity index (χ1v) is 7.90. The number of benzene rings is 1.